The van der Waals surface area contributed by atoms with Gasteiger partial charge in [-0.25, -0.2) is 0 Å². The maximum Gasteiger partial charge on any atom is 0.0576 e. The van der Waals surface area contributed by atoms with Gasteiger partial charge in [0.2, 0.25) is 0 Å². The van der Waals surface area contributed by atoms with Crippen LogP contribution in [-0.4, -0.2) is 28.5 Å². The number of nitrogens with two attached hydrogens (primary N) is 1. The van der Waals surface area contributed by atoms with Gasteiger partial charge in [-0.3, -0.25) is 4.68 Å². The number of nitrogens with zero attached hydrogens (tertiary/aromatic N) is 2. The minimum Gasteiger partial charge on any atom is -0.378 e. The molecule has 90 valence electrons. The third-order valence-electron chi connectivity index (χ3n) is 3.14. The van der Waals surface area contributed by atoms with Gasteiger partial charge in [0.15, 0.2) is 0 Å². The van der Waals surface area contributed by atoms with E-state index in [-0.39, 0.29) is 6.04 Å². The lowest BCUT2D eigenvalue weighted by Crippen LogP contribution is -2.24. The van der Waals surface area contributed by atoms with Crippen molar-refractivity contribution in [3.05, 3.63) is 18.0 Å². The van der Waals surface area contributed by atoms with E-state index in [0.29, 0.717) is 6.10 Å². The van der Waals surface area contributed by atoms with Gasteiger partial charge in [0.05, 0.1) is 12.3 Å². The fraction of sp³-hybridized carbons (Fsp3) is 0.750. The summed E-state index contributed by atoms with van der Waals surface area (Å²) in [6, 6.07) is 0.230. The largest absolute Gasteiger partial charge is 0.378 e. The van der Waals surface area contributed by atoms with Gasteiger partial charge in [0.25, 0.3) is 0 Å². The second-order valence-corrected chi connectivity index (χ2v) is 4.70. The molecule has 4 nitrogen and oxygen atoms in total. The van der Waals surface area contributed by atoms with Crippen LogP contribution in [0.1, 0.15) is 31.2 Å². The lowest BCUT2D eigenvalue weighted by molar-refractivity contribution is 0.101. The number of aryl methyl sites for hydroxylation is 1. The van der Waals surface area contributed by atoms with Gasteiger partial charge in [-0.15, -0.1) is 0 Å². The summed E-state index contributed by atoms with van der Waals surface area (Å²) in [6.07, 6.45) is 9.86. The molecule has 0 amide bonds. The Kier molecular flexibility index (Phi) is 3.96. The second-order valence-electron chi connectivity index (χ2n) is 4.70. The molecule has 1 fully saturated rings. The van der Waals surface area contributed by atoms with E-state index in [2.05, 4.69) is 5.10 Å². The van der Waals surface area contributed by atoms with E-state index in [1.165, 1.54) is 18.4 Å². The summed E-state index contributed by atoms with van der Waals surface area (Å²) >= 11 is 0. The third-order valence-corrected chi connectivity index (χ3v) is 3.14. The molecule has 16 heavy (non-hydrogen) atoms. The summed E-state index contributed by atoms with van der Waals surface area (Å²) in [6.45, 7) is 0.933. The van der Waals surface area contributed by atoms with Crippen molar-refractivity contribution < 1.29 is 4.74 Å². The zero-order valence-corrected chi connectivity index (χ0v) is 9.93. The Bertz CT molecular complexity index is 318. The highest BCUT2D eigenvalue weighted by atomic mass is 16.5. The molecule has 4 heteroatoms. The fourth-order valence-corrected chi connectivity index (χ4v) is 2.25. The molecule has 0 aromatic carbocycles. The summed E-state index contributed by atoms with van der Waals surface area (Å²) in [5, 5.41) is 4.14. The Labute approximate surface area is 96.8 Å². The summed E-state index contributed by atoms with van der Waals surface area (Å²) in [4.78, 5) is 0. The highest BCUT2D eigenvalue weighted by Gasteiger charge is 2.16. The molecule has 2 atom stereocenters. The van der Waals surface area contributed by atoms with Gasteiger partial charge in [0, 0.05) is 25.9 Å². The van der Waals surface area contributed by atoms with Crippen molar-refractivity contribution in [2.45, 2.75) is 44.2 Å². The molecule has 2 rings (SSSR count). The smallest absolute Gasteiger partial charge is 0.0576 e. The fourth-order valence-electron chi connectivity index (χ4n) is 2.25. The molecule has 0 spiro atoms. The van der Waals surface area contributed by atoms with Crippen LogP contribution in [0.15, 0.2) is 12.4 Å². The molecule has 0 saturated carbocycles. The highest BCUT2D eigenvalue weighted by molar-refractivity contribution is 5.05. The molecule has 0 bridgehead atoms. The molecule has 1 aromatic rings. The van der Waals surface area contributed by atoms with Gasteiger partial charge >= 0.3 is 0 Å². The van der Waals surface area contributed by atoms with Gasteiger partial charge in [-0.1, -0.05) is 0 Å². The first-order chi connectivity index (χ1) is 7.74. The van der Waals surface area contributed by atoms with Gasteiger partial charge in [-0.05, 0) is 37.7 Å². The summed E-state index contributed by atoms with van der Waals surface area (Å²) in [5.74, 6) is 0. The van der Waals surface area contributed by atoms with Crippen molar-refractivity contribution >= 4 is 0 Å². The molecule has 1 aliphatic rings. The normalized spacial score (nSPS) is 22.5. The summed E-state index contributed by atoms with van der Waals surface area (Å²) in [7, 11) is 1.93. The van der Waals surface area contributed by atoms with Crippen LogP contribution < -0.4 is 5.73 Å². The van der Waals surface area contributed by atoms with Crippen LogP contribution in [0.2, 0.25) is 0 Å². The number of aromatic nitrogens is 2. The molecule has 2 unspecified atom stereocenters. The molecule has 2 N–H and O–H groups in total. The first-order valence-corrected chi connectivity index (χ1v) is 6.09. The first-order valence-electron chi connectivity index (χ1n) is 6.09. The van der Waals surface area contributed by atoms with E-state index in [0.717, 1.165) is 25.9 Å². The molecule has 1 aliphatic heterocycles. The summed E-state index contributed by atoms with van der Waals surface area (Å²) < 4.78 is 7.41. The number of ether oxygens (including phenoxy) is 1. The van der Waals surface area contributed by atoms with E-state index in [1.807, 2.05) is 24.1 Å². The van der Waals surface area contributed by atoms with Crippen LogP contribution in [0.25, 0.3) is 0 Å². The SMILES string of the molecule is Cn1cc(CC(N)CCC2CCCO2)cn1. The molecule has 0 aliphatic carbocycles. The standard InChI is InChI=1S/C12H21N3O/c1-15-9-10(8-14-15)7-11(13)4-5-12-3-2-6-16-12/h8-9,11-12H,2-7,13H2,1H3. The molecular weight excluding hydrogens is 202 g/mol. The predicted octanol–water partition coefficient (Wildman–Crippen LogP) is 1.25. The van der Waals surface area contributed by atoms with Crippen LogP contribution in [0.5, 0.6) is 0 Å². The van der Waals surface area contributed by atoms with Crippen LogP contribution in [0.4, 0.5) is 0 Å². The average molecular weight is 223 g/mol. The molecular formula is C12H21N3O. The molecule has 2 heterocycles. The van der Waals surface area contributed by atoms with Gasteiger partial charge in [-0.2, -0.15) is 5.10 Å². The topological polar surface area (TPSA) is 53.1 Å². The van der Waals surface area contributed by atoms with E-state index < -0.39 is 0 Å². The number of hydrogen-bond acceptors (Lipinski definition) is 3. The van der Waals surface area contributed by atoms with E-state index in [1.54, 1.807) is 0 Å². The van der Waals surface area contributed by atoms with Crippen molar-refractivity contribution in [1.29, 1.82) is 0 Å². The van der Waals surface area contributed by atoms with Crippen LogP contribution in [-0.2, 0) is 18.2 Å². The minimum atomic E-state index is 0.230. The Hall–Kier alpha value is -0.870. The van der Waals surface area contributed by atoms with Crippen molar-refractivity contribution in [1.82, 2.24) is 9.78 Å². The maximum absolute atomic E-state index is 6.10. The minimum absolute atomic E-state index is 0.230. The third kappa shape index (κ3) is 3.32. The zero-order chi connectivity index (χ0) is 11.4. The second kappa shape index (κ2) is 5.46. The quantitative estimate of drug-likeness (QED) is 0.817. The Morgan fingerprint density at radius 2 is 2.56 bits per heavy atom. The number of rotatable bonds is 5. The van der Waals surface area contributed by atoms with E-state index in [4.69, 9.17) is 10.5 Å². The zero-order valence-electron chi connectivity index (χ0n) is 9.93. The number of hydrogen-bond donors (Lipinski definition) is 1. The first kappa shape index (κ1) is 11.6. The van der Waals surface area contributed by atoms with Gasteiger partial charge < -0.3 is 10.5 Å². The Morgan fingerprint density at radius 1 is 1.69 bits per heavy atom. The van der Waals surface area contributed by atoms with Gasteiger partial charge in [0.1, 0.15) is 0 Å². The van der Waals surface area contributed by atoms with Crippen molar-refractivity contribution in [3.63, 3.8) is 0 Å². The van der Waals surface area contributed by atoms with Crippen molar-refractivity contribution in [2.24, 2.45) is 12.8 Å². The predicted molar refractivity (Wildman–Crippen MR) is 63.1 cm³/mol. The average Bonchev–Trinajstić information content (AvgIpc) is 2.87. The molecule has 1 saturated heterocycles. The lowest BCUT2D eigenvalue weighted by atomic mass is 10.0. The van der Waals surface area contributed by atoms with E-state index in [9.17, 15) is 0 Å². The monoisotopic (exact) mass is 223 g/mol. The Balaban J connectivity index is 1.69. The lowest BCUT2D eigenvalue weighted by Gasteiger charge is -2.13. The van der Waals surface area contributed by atoms with Crippen molar-refractivity contribution in [3.8, 4) is 0 Å². The molecule has 0 radical (unpaired) electrons. The van der Waals surface area contributed by atoms with Crippen LogP contribution in [0.3, 0.4) is 0 Å². The highest BCUT2D eigenvalue weighted by Crippen LogP contribution is 2.18. The van der Waals surface area contributed by atoms with Crippen LogP contribution >= 0.6 is 0 Å². The summed E-state index contributed by atoms with van der Waals surface area (Å²) in [5.41, 5.74) is 7.32. The van der Waals surface area contributed by atoms with E-state index >= 15 is 0 Å². The maximum atomic E-state index is 6.10. The Morgan fingerprint density at radius 3 is 3.19 bits per heavy atom. The van der Waals surface area contributed by atoms with Crippen molar-refractivity contribution in [2.75, 3.05) is 6.61 Å². The van der Waals surface area contributed by atoms with Crippen LogP contribution in [0, 0.1) is 0 Å². The molecule has 1 aromatic heterocycles.